The van der Waals surface area contributed by atoms with Crippen LogP contribution in [0.1, 0.15) is 42.6 Å². The van der Waals surface area contributed by atoms with Crippen LogP contribution in [0.2, 0.25) is 0 Å². The van der Waals surface area contributed by atoms with Crippen LogP contribution in [0.3, 0.4) is 0 Å². The Morgan fingerprint density at radius 1 is 1.42 bits per heavy atom. The quantitative estimate of drug-likeness (QED) is 0.800. The van der Waals surface area contributed by atoms with Gasteiger partial charge < -0.3 is 0 Å². The van der Waals surface area contributed by atoms with E-state index < -0.39 is 9.84 Å². The first-order valence-electron chi connectivity index (χ1n) is 8.16. The number of likely N-dealkylation sites (tertiary alicyclic amines) is 1. The molecule has 1 fully saturated rings. The van der Waals surface area contributed by atoms with Crippen LogP contribution in [0.25, 0.3) is 0 Å². The molecule has 1 atom stereocenters. The van der Waals surface area contributed by atoms with Gasteiger partial charge >= 0.3 is 0 Å². The van der Waals surface area contributed by atoms with Crippen molar-refractivity contribution < 1.29 is 8.42 Å². The summed E-state index contributed by atoms with van der Waals surface area (Å²) in [6.45, 7) is 7.72. The Bertz CT molecular complexity index is 812. The zero-order chi connectivity index (χ0) is 17.3. The fourth-order valence-electron chi connectivity index (χ4n) is 3.32. The molecule has 0 aliphatic carbocycles. The second-order valence-electron chi connectivity index (χ2n) is 6.36. The van der Waals surface area contributed by atoms with Crippen molar-refractivity contribution in [2.24, 2.45) is 0 Å². The van der Waals surface area contributed by atoms with Crippen LogP contribution < -0.4 is 0 Å². The van der Waals surface area contributed by atoms with Gasteiger partial charge in [-0.05, 0) is 33.2 Å². The molecule has 3 heterocycles. The molecule has 132 valence electrons. The summed E-state index contributed by atoms with van der Waals surface area (Å²) in [5, 5.41) is 8.53. The zero-order valence-corrected chi connectivity index (χ0v) is 15.9. The van der Waals surface area contributed by atoms with Crippen LogP contribution in [-0.4, -0.2) is 52.0 Å². The minimum absolute atomic E-state index is 0.128. The molecule has 1 aliphatic rings. The molecule has 0 N–H and O–H groups in total. The van der Waals surface area contributed by atoms with Gasteiger partial charge in [0.1, 0.15) is 0 Å². The Balaban J connectivity index is 1.75. The van der Waals surface area contributed by atoms with Crippen molar-refractivity contribution in [3.05, 3.63) is 23.1 Å². The van der Waals surface area contributed by atoms with Gasteiger partial charge in [-0.3, -0.25) is 9.58 Å². The number of hydrogen-bond acceptors (Lipinski definition) is 7. The summed E-state index contributed by atoms with van der Waals surface area (Å²) in [5.41, 5.74) is 3.08. The van der Waals surface area contributed by atoms with E-state index in [1.807, 2.05) is 10.9 Å². The number of aromatic nitrogens is 4. The maximum atomic E-state index is 11.9. The third-order valence-electron chi connectivity index (χ3n) is 4.61. The normalized spacial score (nSPS) is 19.7. The molecule has 0 spiro atoms. The van der Waals surface area contributed by atoms with Gasteiger partial charge in [0.15, 0.2) is 14.0 Å². The molecule has 0 bridgehead atoms. The van der Waals surface area contributed by atoms with E-state index in [2.05, 4.69) is 33.4 Å². The van der Waals surface area contributed by atoms with Gasteiger partial charge in [-0.15, -0.1) is 5.10 Å². The van der Waals surface area contributed by atoms with Crippen molar-refractivity contribution in [2.75, 3.05) is 19.3 Å². The molecular weight excluding hydrogens is 346 g/mol. The predicted molar refractivity (Wildman–Crippen MR) is 92.9 cm³/mol. The highest BCUT2D eigenvalue weighted by Gasteiger charge is 2.29. The number of aryl methyl sites for hydroxylation is 1. The van der Waals surface area contributed by atoms with Crippen molar-refractivity contribution in [2.45, 2.75) is 49.9 Å². The van der Waals surface area contributed by atoms with Crippen LogP contribution in [0, 0.1) is 6.92 Å². The highest BCUT2D eigenvalue weighted by atomic mass is 32.2. The first-order valence-corrected chi connectivity index (χ1v) is 10.8. The van der Waals surface area contributed by atoms with E-state index in [1.165, 1.54) is 17.5 Å². The summed E-state index contributed by atoms with van der Waals surface area (Å²) in [7, 11) is -3.26. The third-order valence-corrected chi connectivity index (χ3v) is 7.16. The Hall–Kier alpha value is -1.32. The number of piperidine rings is 1. The third kappa shape index (κ3) is 3.52. The second-order valence-corrected chi connectivity index (χ2v) is 9.33. The van der Waals surface area contributed by atoms with E-state index in [0.717, 1.165) is 50.6 Å². The Labute approximate surface area is 146 Å². The Kier molecular flexibility index (Phi) is 5.03. The van der Waals surface area contributed by atoms with E-state index in [1.54, 1.807) is 0 Å². The van der Waals surface area contributed by atoms with Crippen molar-refractivity contribution in [3.8, 4) is 0 Å². The SMILES string of the molecule is CCn1ncc(CN2CCCC(c3nnsc3S(C)(=O)=O)C2)c1C. The number of nitrogens with zero attached hydrogens (tertiary/aromatic N) is 5. The summed E-state index contributed by atoms with van der Waals surface area (Å²) in [6, 6.07) is 0. The van der Waals surface area contributed by atoms with Crippen LogP contribution in [0.4, 0.5) is 0 Å². The topological polar surface area (TPSA) is 81.0 Å². The van der Waals surface area contributed by atoms with Crippen molar-refractivity contribution in [1.29, 1.82) is 0 Å². The summed E-state index contributed by atoms with van der Waals surface area (Å²) >= 11 is 0.983. The second kappa shape index (κ2) is 6.89. The van der Waals surface area contributed by atoms with E-state index >= 15 is 0 Å². The molecule has 0 saturated carbocycles. The lowest BCUT2D eigenvalue weighted by Crippen LogP contribution is -2.34. The van der Waals surface area contributed by atoms with Crippen LogP contribution in [-0.2, 0) is 22.9 Å². The minimum atomic E-state index is -3.26. The van der Waals surface area contributed by atoms with Gasteiger partial charge in [-0.25, -0.2) is 8.42 Å². The number of sulfone groups is 1. The van der Waals surface area contributed by atoms with Gasteiger partial charge in [0.2, 0.25) is 0 Å². The lowest BCUT2D eigenvalue weighted by Gasteiger charge is -2.32. The van der Waals surface area contributed by atoms with E-state index in [0.29, 0.717) is 9.90 Å². The van der Waals surface area contributed by atoms with Gasteiger partial charge in [-0.2, -0.15) is 5.10 Å². The van der Waals surface area contributed by atoms with Crippen molar-refractivity contribution >= 4 is 21.4 Å². The summed E-state index contributed by atoms with van der Waals surface area (Å²) in [5.74, 6) is 0.128. The molecule has 2 aromatic heterocycles. The van der Waals surface area contributed by atoms with Gasteiger partial charge in [0.05, 0.1) is 11.9 Å². The molecule has 2 aromatic rings. The van der Waals surface area contributed by atoms with Crippen LogP contribution in [0.5, 0.6) is 0 Å². The first-order chi connectivity index (χ1) is 11.4. The molecule has 3 rings (SSSR count). The molecule has 9 heteroatoms. The minimum Gasteiger partial charge on any atom is -0.298 e. The summed E-state index contributed by atoms with van der Waals surface area (Å²) in [6.07, 6.45) is 5.16. The average Bonchev–Trinajstić information content (AvgIpc) is 3.15. The molecule has 1 unspecified atom stereocenters. The first kappa shape index (κ1) is 17.5. The lowest BCUT2D eigenvalue weighted by atomic mass is 9.95. The maximum absolute atomic E-state index is 11.9. The van der Waals surface area contributed by atoms with Crippen molar-refractivity contribution in [3.63, 3.8) is 0 Å². The molecular formula is C15H23N5O2S2. The lowest BCUT2D eigenvalue weighted by molar-refractivity contribution is 0.197. The summed E-state index contributed by atoms with van der Waals surface area (Å²) < 4.78 is 30.0. The maximum Gasteiger partial charge on any atom is 0.188 e. The van der Waals surface area contributed by atoms with Gasteiger partial charge in [-0.1, -0.05) is 4.49 Å². The van der Waals surface area contributed by atoms with E-state index in [-0.39, 0.29) is 5.92 Å². The average molecular weight is 370 g/mol. The number of hydrogen-bond donors (Lipinski definition) is 0. The number of rotatable bonds is 5. The smallest absolute Gasteiger partial charge is 0.188 e. The highest BCUT2D eigenvalue weighted by molar-refractivity contribution is 7.92. The van der Waals surface area contributed by atoms with Gasteiger partial charge in [0.25, 0.3) is 0 Å². The molecule has 7 nitrogen and oxygen atoms in total. The zero-order valence-electron chi connectivity index (χ0n) is 14.3. The highest BCUT2D eigenvalue weighted by Crippen LogP contribution is 2.32. The predicted octanol–water partition coefficient (Wildman–Crippen LogP) is 1.85. The Morgan fingerprint density at radius 2 is 2.21 bits per heavy atom. The molecule has 0 aromatic carbocycles. The molecule has 0 amide bonds. The van der Waals surface area contributed by atoms with Gasteiger partial charge in [0, 0.05) is 54.6 Å². The summed E-state index contributed by atoms with van der Waals surface area (Å²) in [4.78, 5) is 2.36. The van der Waals surface area contributed by atoms with Crippen LogP contribution >= 0.6 is 11.5 Å². The molecule has 24 heavy (non-hydrogen) atoms. The monoisotopic (exact) mass is 369 g/mol. The molecule has 0 radical (unpaired) electrons. The molecule has 1 aliphatic heterocycles. The fourth-order valence-corrected chi connectivity index (χ4v) is 5.05. The largest absolute Gasteiger partial charge is 0.298 e. The molecule has 1 saturated heterocycles. The van der Waals surface area contributed by atoms with Crippen molar-refractivity contribution in [1.82, 2.24) is 24.3 Å². The van der Waals surface area contributed by atoms with E-state index in [9.17, 15) is 8.42 Å². The standard InChI is InChI=1S/C15H23N5O2S2/c1-4-20-11(2)13(8-16-20)10-19-7-5-6-12(9-19)14-15(23-18-17-14)24(3,21)22/h8,12H,4-7,9-10H2,1-3H3. The fraction of sp³-hybridized carbons (Fsp3) is 0.667. The van der Waals surface area contributed by atoms with Crippen LogP contribution in [0.15, 0.2) is 10.4 Å². The van der Waals surface area contributed by atoms with E-state index in [4.69, 9.17) is 0 Å². The Morgan fingerprint density at radius 3 is 2.88 bits per heavy atom.